The van der Waals surface area contributed by atoms with Crippen molar-refractivity contribution in [2.45, 2.75) is 50.7 Å². The molecule has 0 aliphatic heterocycles. The molecule has 1 rings (SSSR count). The van der Waals surface area contributed by atoms with Gasteiger partial charge in [0.15, 0.2) is 0 Å². The zero-order valence-electron chi connectivity index (χ0n) is 10.7. The van der Waals surface area contributed by atoms with Crippen LogP contribution in [0.2, 0.25) is 0 Å². The van der Waals surface area contributed by atoms with E-state index < -0.39 is 5.60 Å². The van der Waals surface area contributed by atoms with Gasteiger partial charge in [-0.05, 0) is 19.8 Å². The first-order valence-corrected chi connectivity index (χ1v) is 6.42. The molecule has 0 bridgehead atoms. The van der Waals surface area contributed by atoms with Gasteiger partial charge in [-0.25, -0.2) is 0 Å². The van der Waals surface area contributed by atoms with Crippen molar-refractivity contribution in [3.05, 3.63) is 12.7 Å². The lowest BCUT2D eigenvalue weighted by Gasteiger charge is -2.33. The molecule has 1 unspecified atom stereocenters. The van der Waals surface area contributed by atoms with Gasteiger partial charge in [0, 0.05) is 13.1 Å². The van der Waals surface area contributed by atoms with Crippen LogP contribution < -0.4 is 10.6 Å². The van der Waals surface area contributed by atoms with Crippen molar-refractivity contribution in [2.24, 2.45) is 0 Å². The van der Waals surface area contributed by atoms with E-state index in [0.717, 1.165) is 25.7 Å². The number of aliphatic hydroxyl groups is 1. The predicted octanol–water partition coefficient (Wildman–Crippen LogP) is 0.962. The maximum Gasteiger partial charge on any atom is 0.237 e. The lowest BCUT2D eigenvalue weighted by molar-refractivity contribution is -0.122. The van der Waals surface area contributed by atoms with Crippen molar-refractivity contribution in [1.29, 1.82) is 0 Å². The number of rotatable bonds is 6. The zero-order chi connectivity index (χ0) is 12.7. The molecule has 0 heterocycles. The van der Waals surface area contributed by atoms with Crippen LogP contribution >= 0.6 is 0 Å². The molecular weight excluding hydrogens is 216 g/mol. The summed E-state index contributed by atoms with van der Waals surface area (Å²) in [5.41, 5.74) is -0.620. The minimum Gasteiger partial charge on any atom is -0.389 e. The molecule has 17 heavy (non-hydrogen) atoms. The van der Waals surface area contributed by atoms with Crippen LogP contribution in [0.3, 0.4) is 0 Å². The Bertz CT molecular complexity index is 260. The number of hydrogen-bond acceptors (Lipinski definition) is 3. The fourth-order valence-electron chi connectivity index (χ4n) is 2.15. The third kappa shape index (κ3) is 4.88. The average Bonchev–Trinajstić information content (AvgIpc) is 2.34. The van der Waals surface area contributed by atoms with Gasteiger partial charge >= 0.3 is 0 Å². The summed E-state index contributed by atoms with van der Waals surface area (Å²) in [4.78, 5) is 11.6. The fraction of sp³-hybridized carbons (Fsp3) is 0.769. The number of carbonyl (C=O) groups excluding carboxylic acids is 1. The van der Waals surface area contributed by atoms with Gasteiger partial charge in [0.1, 0.15) is 0 Å². The van der Waals surface area contributed by atoms with Crippen molar-refractivity contribution >= 4 is 5.91 Å². The van der Waals surface area contributed by atoms with Crippen molar-refractivity contribution in [2.75, 3.05) is 13.1 Å². The average molecular weight is 240 g/mol. The maximum absolute atomic E-state index is 11.6. The number of amides is 1. The minimum atomic E-state index is -0.620. The molecule has 4 nitrogen and oxygen atoms in total. The SMILES string of the molecule is C=CCNC(=O)C(C)NCC1(O)CCCCC1. The van der Waals surface area contributed by atoms with Crippen LogP contribution in [0.25, 0.3) is 0 Å². The summed E-state index contributed by atoms with van der Waals surface area (Å²) >= 11 is 0. The molecule has 0 aromatic rings. The Morgan fingerprint density at radius 3 is 2.71 bits per heavy atom. The van der Waals surface area contributed by atoms with Crippen LogP contribution in [0.1, 0.15) is 39.0 Å². The van der Waals surface area contributed by atoms with Crippen LogP contribution in [0, 0.1) is 0 Å². The van der Waals surface area contributed by atoms with E-state index in [2.05, 4.69) is 17.2 Å². The van der Waals surface area contributed by atoms with E-state index >= 15 is 0 Å². The highest BCUT2D eigenvalue weighted by Gasteiger charge is 2.29. The lowest BCUT2D eigenvalue weighted by atomic mass is 9.85. The summed E-state index contributed by atoms with van der Waals surface area (Å²) in [5, 5.41) is 16.1. The molecule has 1 aliphatic carbocycles. The van der Waals surface area contributed by atoms with Crippen molar-refractivity contribution in [1.82, 2.24) is 10.6 Å². The molecule has 0 aromatic carbocycles. The largest absolute Gasteiger partial charge is 0.389 e. The topological polar surface area (TPSA) is 61.4 Å². The van der Waals surface area contributed by atoms with E-state index in [1.165, 1.54) is 6.42 Å². The Morgan fingerprint density at radius 1 is 1.47 bits per heavy atom. The minimum absolute atomic E-state index is 0.0516. The molecular formula is C13H24N2O2. The summed E-state index contributed by atoms with van der Waals surface area (Å²) in [6.07, 6.45) is 6.68. The standard InChI is InChI=1S/C13H24N2O2/c1-3-9-14-12(16)11(2)15-10-13(17)7-5-4-6-8-13/h3,11,15,17H,1,4-10H2,2H3,(H,14,16). The van der Waals surface area contributed by atoms with Gasteiger partial charge in [-0.2, -0.15) is 0 Å². The Kier molecular flexibility index (Phi) is 5.65. The van der Waals surface area contributed by atoms with E-state index in [1.54, 1.807) is 6.08 Å². The molecule has 98 valence electrons. The Morgan fingerprint density at radius 2 is 2.12 bits per heavy atom. The Balaban J connectivity index is 2.28. The third-order valence-corrected chi connectivity index (χ3v) is 3.34. The molecule has 4 heteroatoms. The van der Waals surface area contributed by atoms with Crippen molar-refractivity contribution < 1.29 is 9.90 Å². The van der Waals surface area contributed by atoms with Gasteiger partial charge in [-0.1, -0.05) is 25.3 Å². The highest BCUT2D eigenvalue weighted by atomic mass is 16.3. The van der Waals surface area contributed by atoms with Crippen LogP contribution in [0.4, 0.5) is 0 Å². The molecule has 1 atom stereocenters. The van der Waals surface area contributed by atoms with E-state index in [4.69, 9.17) is 0 Å². The maximum atomic E-state index is 11.6. The Hall–Kier alpha value is -0.870. The predicted molar refractivity (Wildman–Crippen MR) is 68.7 cm³/mol. The van der Waals surface area contributed by atoms with Crippen LogP contribution in [-0.2, 0) is 4.79 Å². The smallest absolute Gasteiger partial charge is 0.237 e. The molecule has 0 aromatic heterocycles. The molecule has 0 saturated heterocycles. The fourth-order valence-corrected chi connectivity index (χ4v) is 2.15. The van der Waals surface area contributed by atoms with Crippen LogP contribution in [0.5, 0.6) is 0 Å². The highest BCUT2D eigenvalue weighted by molar-refractivity contribution is 5.81. The second-order valence-electron chi connectivity index (χ2n) is 4.92. The van der Waals surface area contributed by atoms with Gasteiger partial charge in [0.2, 0.25) is 5.91 Å². The normalized spacial score (nSPS) is 20.6. The van der Waals surface area contributed by atoms with E-state index in [0.29, 0.717) is 13.1 Å². The van der Waals surface area contributed by atoms with Crippen LogP contribution in [0.15, 0.2) is 12.7 Å². The second-order valence-corrected chi connectivity index (χ2v) is 4.92. The summed E-state index contributed by atoms with van der Waals surface area (Å²) in [5.74, 6) is -0.0516. The number of carbonyl (C=O) groups is 1. The lowest BCUT2D eigenvalue weighted by Crippen LogP contribution is -2.49. The molecule has 3 N–H and O–H groups in total. The van der Waals surface area contributed by atoms with Gasteiger partial charge in [-0.15, -0.1) is 6.58 Å². The molecule has 1 saturated carbocycles. The van der Waals surface area contributed by atoms with Crippen molar-refractivity contribution in [3.8, 4) is 0 Å². The third-order valence-electron chi connectivity index (χ3n) is 3.34. The van der Waals surface area contributed by atoms with Gasteiger partial charge in [0.05, 0.1) is 11.6 Å². The quantitative estimate of drug-likeness (QED) is 0.606. The second kappa shape index (κ2) is 6.77. The molecule has 1 aliphatic rings. The molecule has 1 amide bonds. The molecule has 0 spiro atoms. The molecule has 1 fully saturated rings. The number of hydrogen-bond donors (Lipinski definition) is 3. The monoisotopic (exact) mass is 240 g/mol. The summed E-state index contributed by atoms with van der Waals surface area (Å²) in [7, 11) is 0. The van der Waals surface area contributed by atoms with Gasteiger partial charge in [0.25, 0.3) is 0 Å². The van der Waals surface area contributed by atoms with Gasteiger partial charge in [-0.3, -0.25) is 4.79 Å². The van der Waals surface area contributed by atoms with E-state index in [-0.39, 0.29) is 11.9 Å². The first-order chi connectivity index (χ1) is 8.07. The first-order valence-electron chi connectivity index (χ1n) is 6.42. The summed E-state index contributed by atoms with van der Waals surface area (Å²) in [6, 6.07) is -0.277. The zero-order valence-corrected chi connectivity index (χ0v) is 10.7. The van der Waals surface area contributed by atoms with Crippen LogP contribution in [-0.4, -0.2) is 35.7 Å². The Labute approximate surface area is 103 Å². The van der Waals surface area contributed by atoms with Gasteiger partial charge < -0.3 is 15.7 Å². The first kappa shape index (κ1) is 14.2. The summed E-state index contributed by atoms with van der Waals surface area (Å²) < 4.78 is 0. The van der Waals surface area contributed by atoms with E-state index in [1.807, 2.05) is 6.92 Å². The molecule has 0 radical (unpaired) electrons. The number of nitrogens with one attached hydrogen (secondary N) is 2. The summed E-state index contributed by atoms with van der Waals surface area (Å²) in [6.45, 7) is 6.33. The highest BCUT2D eigenvalue weighted by Crippen LogP contribution is 2.27. The van der Waals surface area contributed by atoms with E-state index in [9.17, 15) is 9.90 Å². The van der Waals surface area contributed by atoms with Crippen molar-refractivity contribution in [3.63, 3.8) is 0 Å².